The molecule has 0 atom stereocenters. The molecule has 4 heteroatoms. The van der Waals surface area contributed by atoms with Crippen LogP contribution < -0.4 is 4.74 Å². The minimum atomic E-state index is -4.29. The minimum Gasteiger partial charge on any atom is -0.493 e. The van der Waals surface area contributed by atoms with Gasteiger partial charge < -0.3 is 4.74 Å². The Morgan fingerprint density at radius 2 is 1.33 bits per heavy atom. The largest absolute Gasteiger partial charge is 0.493 e. The predicted octanol–water partition coefficient (Wildman–Crippen LogP) is 7.50. The first-order valence-electron chi connectivity index (χ1n) is 10.8. The number of halogens is 3. The molecule has 0 unspecified atom stereocenters. The van der Waals surface area contributed by atoms with Crippen molar-refractivity contribution in [2.24, 2.45) is 23.7 Å². The first kappa shape index (κ1) is 20.5. The summed E-state index contributed by atoms with van der Waals surface area (Å²) in [5.41, 5.74) is -0.621. The van der Waals surface area contributed by atoms with Crippen molar-refractivity contribution < 1.29 is 17.9 Å². The Morgan fingerprint density at radius 3 is 1.81 bits per heavy atom. The van der Waals surface area contributed by atoms with Crippen LogP contribution in [0.25, 0.3) is 0 Å². The summed E-state index contributed by atoms with van der Waals surface area (Å²) in [7, 11) is 0. The van der Waals surface area contributed by atoms with Gasteiger partial charge in [0.25, 0.3) is 0 Å². The van der Waals surface area contributed by atoms with E-state index in [4.69, 9.17) is 4.74 Å². The lowest BCUT2D eigenvalue weighted by molar-refractivity contribution is -0.137. The average molecular weight is 383 g/mol. The molecule has 1 aromatic rings. The molecular formula is C23H33F3O. The lowest BCUT2D eigenvalue weighted by Gasteiger charge is -2.37. The zero-order valence-electron chi connectivity index (χ0n) is 16.4. The van der Waals surface area contributed by atoms with Gasteiger partial charge in [0.15, 0.2) is 0 Å². The van der Waals surface area contributed by atoms with Crippen LogP contribution in [0.4, 0.5) is 13.2 Å². The fourth-order valence-corrected chi connectivity index (χ4v) is 5.14. The number of ether oxygens (including phenoxy) is 1. The highest BCUT2D eigenvalue weighted by Crippen LogP contribution is 2.42. The second-order valence-corrected chi connectivity index (χ2v) is 8.68. The number of hydrogen-bond acceptors (Lipinski definition) is 1. The SMILES string of the molecule is CCCC1CCC(C2CCC(COc3ccc(C(F)(F)F)cc3)CC2)CC1. The quantitative estimate of drug-likeness (QED) is 0.495. The Labute approximate surface area is 161 Å². The Balaban J connectivity index is 1.37. The molecule has 0 N–H and O–H groups in total. The van der Waals surface area contributed by atoms with Gasteiger partial charge in [0.2, 0.25) is 0 Å². The second-order valence-electron chi connectivity index (χ2n) is 8.68. The molecule has 0 spiro atoms. The topological polar surface area (TPSA) is 9.23 Å². The van der Waals surface area contributed by atoms with Crippen molar-refractivity contribution in [3.8, 4) is 5.75 Å². The number of alkyl halides is 3. The summed E-state index contributed by atoms with van der Waals surface area (Å²) in [6.45, 7) is 2.92. The lowest BCUT2D eigenvalue weighted by atomic mass is 9.69. The molecule has 2 aliphatic carbocycles. The molecule has 3 rings (SSSR count). The van der Waals surface area contributed by atoms with Crippen LogP contribution in [0.15, 0.2) is 24.3 Å². The van der Waals surface area contributed by atoms with Crippen LogP contribution in [0.2, 0.25) is 0 Å². The van der Waals surface area contributed by atoms with Crippen LogP contribution in [0.5, 0.6) is 5.75 Å². The van der Waals surface area contributed by atoms with Gasteiger partial charge in [-0.15, -0.1) is 0 Å². The van der Waals surface area contributed by atoms with E-state index in [2.05, 4.69) is 6.92 Å². The monoisotopic (exact) mass is 382 g/mol. The van der Waals surface area contributed by atoms with E-state index >= 15 is 0 Å². The zero-order valence-corrected chi connectivity index (χ0v) is 16.4. The van der Waals surface area contributed by atoms with E-state index in [1.807, 2.05) is 0 Å². The van der Waals surface area contributed by atoms with Crippen LogP contribution in [0.3, 0.4) is 0 Å². The van der Waals surface area contributed by atoms with E-state index < -0.39 is 11.7 Å². The normalized spacial score (nSPS) is 29.5. The van der Waals surface area contributed by atoms with Gasteiger partial charge in [-0.2, -0.15) is 13.2 Å². The summed E-state index contributed by atoms with van der Waals surface area (Å²) >= 11 is 0. The summed E-state index contributed by atoms with van der Waals surface area (Å²) < 4.78 is 43.6. The van der Waals surface area contributed by atoms with Crippen molar-refractivity contribution in [2.75, 3.05) is 6.61 Å². The van der Waals surface area contributed by atoms with Gasteiger partial charge in [-0.1, -0.05) is 32.6 Å². The molecule has 0 amide bonds. The van der Waals surface area contributed by atoms with Crippen molar-refractivity contribution in [3.05, 3.63) is 29.8 Å². The van der Waals surface area contributed by atoms with Crippen molar-refractivity contribution in [1.29, 1.82) is 0 Å². The Bertz CT molecular complexity index is 550. The summed E-state index contributed by atoms with van der Waals surface area (Å²) in [6.07, 6.45) is 9.11. The van der Waals surface area contributed by atoms with Crippen molar-refractivity contribution in [3.63, 3.8) is 0 Å². The van der Waals surface area contributed by atoms with E-state index in [0.29, 0.717) is 18.3 Å². The van der Waals surface area contributed by atoms with Crippen LogP contribution in [0, 0.1) is 23.7 Å². The molecule has 2 saturated carbocycles. The fraction of sp³-hybridized carbons (Fsp3) is 0.739. The Kier molecular flexibility index (Phi) is 7.10. The molecule has 0 radical (unpaired) electrons. The lowest BCUT2D eigenvalue weighted by Crippen LogP contribution is -2.27. The van der Waals surface area contributed by atoms with E-state index in [1.165, 1.54) is 76.3 Å². The van der Waals surface area contributed by atoms with Crippen molar-refractivity contribution in [2.45, 2.75) is 77.3 Å². The van der Waals surface area contributed by atoms with Gasteiger partial charge in [0, 0.05) is 0 Å². The molecule has 0 aromatic heterocycles. The molecule has 0 heterocycles. The van der Waals surface area contributed by atoms with Crippen LogP contribution >= 0.6 is 0 Å². The summed E-state index contributed by atoms with van der Waals surface area (Å²) in [4.78, 5) is 0. The van der Waals surface area contributed by atoms with Crippen LogP contribution in [-0.4, -0.2) is 6.61 Å². The molecule has 1 nitrogen and oxygen atoms in total. The second kappa shape index (κ2) is 9.34. The predicted molar refractivity (Wildman–Crippen MR) is 103 cm³/mol. The highest BCUT2D eigenvalue weighted by Gasteiger charge is 2.31. The van der Waals surface area contributed by atoms with Gasteiger partial charge in [-0.3, -0.25) is 0 Å². The van der Waals surface area contributed by atoms with Crippen LogP contribution in [0.1, 0.15) is 76.7 Å². The molecule has 0 bridgehead atoms. The molecule has 1 aromatic carbocycles. The van der Waals surface area contributed by atoms with Gasteiger partial charge in [0.1, 0.15) is 5.75 Å². The van der Waals surface area contributed by atoms with Crippen LogP contribution in [-0.2, 0) is 6.18 Å². The molecule has 2 fully saturated rings. The molecule has 0 aliphatic heterocycles. The smallest absolute Gasteiger partial charge is 0.416 e. The summed E-state index contributed by atoms with van der Waals surface area (Å²) in [5, 5.41) is 0. The Hall–Kier alpha value is -1.19. The zero-order chi connectivity index (χ0) is 19.3. The summed E-state index contributed by atoms with van der Waals surface area (Å²) in [6, 6.07) is 5.06. The standard InChI is InChI=1S/C23H33F3O/c1-2-3-17-4-8-19(9-5-17)20-10-6-18(7-11-20)16-27-22-14-12-21(13-15-22)23(24,25)26/h12-15,17-20H,2-11,16H2,1H3. The first-order chi connectivity index (χ1) is 13.0. The molecule has 27 heavy (non-hydrogen) atoms. The number of hydrogen-bond donors (Lipinski definition) is 0. The molecular weight excluding hydrogens is 349 g/mol. The van der Waals surface area contributed by atoms with Gasteiger partial charge in [-0.25, -0.2) is 0 Å². The van der Waals surface area contributed by atoms with Crippen molar-refractivity contribution >= 4 is 0 Å². The van der Waals surface area contributed by atoms with Gasteiger partial charge in [0.05, 0.1) is 12.2 Å². The van der Waals surface area contributed by atoms with Gasteiger partial charge >= 0.3 is 6.18 Å². The van der Waals surface area contributed by atoms with E-state index in [-0.39, 0.29) is 0 Å². The highest BCUT2D eigenvalue weighted by atomic mass is 19.4. The number of rotatable bonds is 6. The maximum absolute atomic E-state index is 12.6. The molecule has 152 valence electrons. The third-order valence-corrected chi connectivity index (χ3v) is 6.81. The van der Waals surface area contributed by atoms with Gasteiger partial charge in [-0.05, 0) is 86.5 Å². The molecule has 2 aliphatic rings. The van der Waals surface area contributed by atoms with E-state index in [0.717, 1.165) is 29.9 Å². The van der Waals surface area contributed by atoms with E-state index in [9.17, 15) is 13.2 Å². The fourth-order valence-electron chi connectivity index (χ4n) is 5.14. The highest BCUT2D eigenvalue weighted by molar-refractivity contribution is 5.28. The minimum absolute atomic E-state index is 0.541. The van der Waals surface area contributed by atoms with Crippen molar-refractivity contribution in [1.82, 2.24) is 0 Å². The third-order valence-electron chi connectivity index (χ3n) is 6.81. The Morgan fingerprint density at radius 1 is 0.815 bits per heavy atom. The first-order valence-corrected chi connectivity index (χ1v) is 10.8. The third kappa shape index (κ3) is 5.89. The molecule has 0 saturated heterocycles. The number of benzene rings is 1. The maximum atomic E-state index is 12.6. The van der Waals surface area contributed by atoms with E-state index in [1.54, 1.807) is 0 Å². The average Bonchev–Trinajstić information content (AvgIpc) is 2.67. The summed E-state index contributed by atoms with van der Waals surface area (Å²) in [5.74, 6) is 3.86. The maximum Gasteiger partial charge on any atom is 0.416 e.